The van der Waals surface area contributed by atoms with Gasteiger partial charge in [-0.1, -0.05) is 18.2 Å². The van der Waals surface area contributed by atoms with E-state index in [4.69, 9.17) is 9.52 Å². The molecule has 3 aromatic rings. The minimum absolute atomic E-state index is 0.129. The summed E-state index contributed by atoms with van der Waals surface area (Å²) < 4.78 is 6.92. The van der Waals surface area contributed by atoms with Crippen molar-refractivity contribution >= 4 is 5.91 Å². The lowest BCUT2D eigenvalue weighted by molar-refractivity contribution is 0.0914. The van der Waals surface area contributed by atoms with Crippen molar-refractivity contribution in [3.63, 3.8) is 0 Å². The molecule has 0 aliphatic heterocycles. The van der Waals surface area contributed by atoms with Crippen LogP contribution in [0.3, 0.4) is 0 Å². The Morgan fingerprint density at radius 3 is 2.74 bits per heavy atom. The Morgan fingerprint density at radius 2 is 2.09 bits per heavy atom. The highest BCUT2D eigenvalue weighted by molar-refractivity contribution is 5.94. The number of aromatic nitrogens is 2. The molecule has 118 valence electrons. The first-order valence-corrected chi connectivity index (χ1v) is 7.30. The molecule has 0 saturated carbocycles. The van der Waals surface area contributed by atoms with Crippen molar-refractivity contribution in [2.45, 2.75) is 13.0 Å². The average Bonchev–Trinajstić information content (AvgIpc) is 3.24. The van der Waals surface area contributed by atoms with Crippen molar-refractivity contribution in [2.24, 2.45) is 0 Å². The second kappa shape index (κ2) is 6.50. The Bertz CT molecular complexity index is 779. The Kier molecular flexibility index (Phi) is 4.25. The van der Waals surface area contributed by atoms with E-state index in [0.29, 0.717) is 17.1 Å². The molecule has 0 aliphatic carbocycles. The van der Waals surface area contributed by atoms with Crippen LogP contribution in [0.5, 0.6) is 0 Å². The smallest absolute Gasteiger partial charge is 0.270 e. The highest BCUT2D eigenvalue weighted by Gasteiger charge is 2.19. The van der Waals surface area contributed by atoms with Crippen LogP contribution in [-0.2, 0) is 0 Å². The monoisotopic (exact) mass is 311 g/mol. The van der Waals surface area contributed by atoms with Crippen molar-refractivity contribution < 1.29 is 14.3 Å². The van der Waals surface area contributed by atoms with Gasteiger partial charge in [-0.15, -0.1) is 0 Å². The van der Waals surface area contributed by atoms with Gasteiger partial charge in [-0.2, -0.15) is 5.10 Å². The van der Waals surface area contributed by atoms with Gasteiger partial charge in [0, 0.05) is 12.1 Å². The topological polar surface area (TPSA) is 80.3 Å². The molecule has 0 saturated heterocycles. The number of carbonyl (C=O) groups excluding carboxylic acids is 1. The zero-order valence-electron chi connectivity index (χ0n) is 12.6. The van der Waals surface area contributed by atoms with E-state index in [1.807, 2.05) is 30.3 Å². The van der Waals surface area contributed by atoms with Gasteiger partial charge in [0.1, 0.15) is 11.4 Å². The van der Waals surface area contributed by atoms with Gasteiger partial charge < -0.3 is 14.8 Å². The number of hydrogen-bond donors (Lipinski definition) is 2. The molecule has 23 heavy (non-hydrogen) atoms. The first-order chi connectivity index (χ1) is 11.2. The highest BCUT2D eigenvalue weighted by atomic mass is 16.3. The third-order valence-corrected chi connectivity index (χ3v) is 3.37. The van der Waals surface area contributed by atoms with Crippen LogP contribution in [-0.4, -0.2) is 33.4 Å². The molecule has 6 nitrogen and oxygen atoms in total. The highest BCUT2D eigenvalue weighted by Crippen LogP contribution is 2.22. The molecule has 0 aliphatic rings. The first kappa shape index (κ1) is 15.1. The lowest BCUT2D eigenvalue weighted by Crippen LogP contribution is -2.36. The van der Waals surface area contributed by atoms with Crippen LogP contribution in [0.15, 0.2) is 59.2 Å². The van der Waals surface area contributed by atoms with Crippen LogP contribution in [0.1, 0.15) is 17.4 Å². The molecule has 1 atom stereocenters. The number of benzene rings is 1. The first-order valence-electron chi connectivity index (χ1n) is 7.30. The summed E-state index contributed by atoms with van der Waals surface area (Å²) in [5.74, 6) is 0.282. The van der Waals surface area contributed by atoms with E-state index < -0.39 is 0 Å². The van der Waals surface area contributed by atoms with E-state index in [2.05, 4.69) is 10.4 Å². The lowest BCUT2D eigenvalue weighted by Gasteiger charge is -2.11. The molecule has 2 heterocycles. The molecule has 1 aromatic carbocycles. The number of nitrogens with zero attached hydrogens (tertiary/aromatic N) is 2. The fourth-order valence-electron chi connectivity index (χ4n) is 2.20. The molecule has 1 amide bonds. The number of furan rings is 1. The molecule has 0 unspecified atom stereocenters. The van der Waals surface area contributed by atoms with Gasteiger partial charge in [-0.05, 0) is 31.2 Å². The van der Waals surface area contributed by atoms with Gasteiger partial charge >= 0.3 is 0 Å². The normalized spacial score (nSPS) is 12.1. The van der Waals surface area contributed by atoms with E-state index in [0.717, 1.165) is 5.69 Å². The molecule has 0 fully saturated rings. The van der Waals surface area contributed by atoms with Crippen LogP contribution in [0.2, 0.25) is 0 Å². The predicted octanol–water partition coefficient (Wildman–Crippen LogP) is 2.24. The zero-order valence-corrected chi connectivity index (χ0v) is 12.6. The summed E-state index contributed by atoms with van der Waals surface area (Å²) in [4.78, 5) is 12.5. The molecule has 6 heteroatoms. The van der Waals surface area contributed by atoms with E-state index >= 15 is 0 Å². The lowest BCUT2D eigenvalue weighted by atomic mass is 10.2. The maximum atomic E-state index is 12.5. The predicted molar refractivity (Wildman–Crippen MR) is 85.3 cm³/mol. The molecule has 0 radical (unpaired) electrons. The number of aliphatic hydroxyl groups is 1. The van der Waals surface area contributed by atoms with Crippen LogP contribution in [0.25, 0.3) is 17.1 Å². The molecule has 2 N–H and O–H groups in total. The van der Waals surface area contributed by atoms with Gasteiger partial charge in [-0.3, -0.25) is 4.79 Å². The average molecular weight is 311 g/mol. The maximum absolute atomic E-state index is 12.5. The SMILES string of the molecule is C[C@@H](CO)NC(=O)c1cc(-c2ccco2)nn1-c1ccccc1. The molecule has 0 bridgehead atoms. The third kappa shape index (κ3) is 3.17. The number of aliphatic hydroxyl groups excluding tert-OH is 1. The summed E-state index contributed by atoms with van der Waals surface area (Å²) in [6, 6.07) is 14.3. The van der Waals surface area contributed by atoms with E-state index in [1.165, 1.54) is 0 Å². The second-order valence-electron chi connectivity index (χ2n) is 5.20. The van der Waals surface area contributed by atoms with E-state index in [-0.39, 0.29) is 18.6 Å². The summed E-state index contributed by atoms with van der Waals surface area (Å²) in [5.41, 5.74) is 1.72. The summed E-state index contributed by atoms with van der Waals surface area (Å²) >= 11 is 0. The standard InChI is InChI=1S/C17H17N3O3/c1-12(11-21)18-17(22)15-10-14(16-8-5-9-23-16)19-20(15)13-6-3-2-4-7-13/h2-10,12,21H,11H2,1H3,(H,18,22)/t12-/m0/s1. The summed E-state index contributed by atoms with van der Waals surface area (Å²) in [5, 5.41) is 16.3. The summed E-state index contributed by atoms with van der Waals surface area (Å²) in [6.07, 6.45) is 1.56. The molecule has 2 aromatic heterocycles. The van der Waals surface area contributed by atoms with Crippen LogP contribution >= 0.6 is 0 Å². The third-order valence-electron chi connectivity index (χ3n) is 3.37. The van der Waals surface area contributed by atoms with E-state index in [1.54, 1.807) is 36.1 Å². The molecular formula is C17H17N3O3. The minimum Gasteiger partial charge on any atom is -0.463 e. The number of carbonyl (C=O) groups is 1. The van der Waals surface area contributed by atoms with Crippen molar-refractivity contribution in [3.8, 4) is 17.1 Å². The Morgan fingerprint density at radius 1 is 1.30 bits per heavy atom. The van der Waals surface area contributed by atoms with Crippen LogP contribution in [0, 0.1) is 0 Å². The zero-order chi connectivity index (χ0) is 16.2. The summed E-state index contributed by atoms with van der Waals surface area (Å²) in [6.45, 7) is 1.60. The molecule has 0 spiro atoms. The van der Waals surface area contributed by atoms with Gasteiger partial charge in [0.2, 0.25) is 0 Å². The van der Waals surface area contributed by atoms with Crippen molar-refractivity contribution in [3.05, 3.63) is 60.5 Å². The second-order valence-corrected chi connectivity index (χ2v) is 5.20. The quantitative estimate of drug-likeness (QED) is 0.757. The Balaban J connectivity index is 2.04. The largest absolute Gasteiger partial charge is 0.463 e. The minimum atomic E-state index is -0.339. The van der Waals surface area contributed by atoms with E-state index in [9.17, 15) is 4.79 Å². The number of hydrogen-bond acceptors (Lipinski definition) is 4. The van der Waals surface area contributed by atoms with Gasteiger partial charge in [0.15, 0.2) is 5.76 Å². The Labute approximate surface area is 133 Å². The van der Waals surface area contributed by atoms with Crippen LogP contribution in [0.4, 0.5) is 0 Å². The van der Waals surface area contributed by atoms with Gasteiger partial charge in [0.05, 0.1) is 18.6 Å². The number of rotatable bonds is 5. The maximum Gasteiger partial charge on any atom is 0.270 e. The van der Waals surface area contributed by atoms with Crippen molar-refractivity contribution in [2.75, 3.05) is 6.61 Å². The van der Waals surface area contributed by atoms with Gasteiger partial charge in [-0.25, -0.2) is 4.68 Å². The molecule has 3 rings (SSSR count). The fourth-order valence-corrected chi connectivity index (χ4v) is 2.20. The van der Waals surface area contributed by atoms with Crippen molar-refractivity contribution in [1.82, 2.24) is 15.1 Å². The number of amides is 1. The van der Waals surface area contributed by atoms with Crippen LogP contribution < -0.4 is 5.32 Å². The van der Waals surface area contributed by atoms with Gasteiger partial charge in [0.25, 0.3) is 5.91 Å². The fraction of sp³-hybridized carbons (Fsp3) is 0.176. The Hall–Kier alpha value is -2.86. The number of nitrogens with one attached hydrogen (secondary N) is 1. The number of para-hydroxylation sites is 1. The van der Waals surface area contributed by atoms with Crippen molar-refractivity contribution in [1.29, 1.82) is 0 Å². The summed E-state index contributed by atoms with van der Waals surface area (Å²) in [7, 11) is 0. The molecular weight excluding hydrogens is 294 g/mol.